The second-order valence-corrected chi connectivity index (χ2v) is 8.35. The third-order valence-electron chi connectivity index (χ3n) is 6.34. The van der Waals surface area contributed by atoms with Gasteiger partial charge in [0.15, 0.2) is 0 Å². The number of hydrogen-bond acceptors (Lipinski definition) is 3. The standard InChI is InChI=1S/C28H36N2O2/c1-19-20(2)28(24-9-13-26(14-10-24)30-16-18-32-6)22(4)21(3)27(19)23-7-11-25(12-8-23)29-15-17-31-5/h7-14,29-30H,15-18H2,1-6H3/p+1. The van der Waals surface area contributed by atoms with Crippen LogP contribution in [0.15, 0.2) is 48.5 Å². The predicted octanol–water partition coefficient (Wildman–Crippen LogP) is 5.15. The third kappa shape index (κ3) is 5.39. The van der Waals surface area contributed by atoms with Gasteiger partial charge in [-0.1, -0.05) is 12.1 Å². The molecule has 0 amide bonds. The van der Waals surface area contributed by atoms with Crippen molar-refractivity contribution in [1.29, 1.82) is 0 Å². The van der Waals surface area contributed by atoms with Gasteiger partial charge in [0.1, 0.15) is 12.2 Å². The first-order valence-corrected chi connectivity index (χ1v) is 11.3. The minimum atomic E-state index is 0.700. The summed E-state index contributed by atoms with van der Waals surface area (Å²) in [6.45, 7) is 12.2. The largest absolute Gasteiger partial charge is 0.383 e. The Kier molecular flexibility index (Phi) is 8.46. The fourth-order valence-electron chi connectivity index (χ4n) is 4.36. The third-order valence-corrected chi connectivity index (χ3v) is 6.34. The molecule has 0 spiro atoms. The summed E-state index contributed by atoms with van der Waals surface area (Å²) < 4.78 is 10.3. The second-order valence-electron chi connectivity index (χ2n) is 8.35. The Morgan fingerprint density at radius 1 is 0.656 bits per heavy atom. The van der Waals surface area contributed by atoms with Crippen molar-refractivity contribution in [2.24, 2.45) is 0 Å². The van der Waals surface area contributed by atoms with Gasteiger partial charge in [-0.15, -0.1) is 0 Å². The van der Waals surface area contributed by atoms with E-state index < -0.39 is 0 Å². The minimum Gasteiger partial charge on any atom is -0.383 e. The van der Waals surface area contributed by atoms with Gasteiger partial charge in [-0.2, -0.15) is 0 Å². The quantitative estimate of drug-likeness (QED) is 0.343. The molecule has 0 saturated heterocycles. The summed E-state index contributed by atoms with van der Waals surface area (Å²) in [5.41, 5.74) is 13.0. The highest BCUT2D eigenvalue weighted by Crippen LogP contribution is 2.39. The molecule has 0 aromatic heterocycles. The van der Waals surface area contributed by atoms with Gasteiger partial charge in [-0.3, -0.25) is 0 Å². The van der Waals surface area contributed by atoms with Crippen molar-refractivity contribution < 1.29 is 14.8 Å². The zero-order chi connectivity index (χ0) is 23.1. The molecule has 0 aliphatic rings. The van der Waals surface area contributed by atoms with E-state index in [9.17, 15) is 0 Å². The molecule has 3 N–H and O–H groups in total. The Morgan fingerprint density at radius 3 is 1.59 bits per heavy atom. The Bertz CT molecular complexity index is 911. The van der Waals surface area contributed by atoms with Crippen LogP contribution in [0.2, 0.25) is 0 Å². The highest BCUT2D eigenvalue weighted by molar-refractivity contribution is 5.83. The second kappa shape index (κ2) is 11.3. The maximum absolute atomic E-state index is 5.15. The maximum atomic E-state index is 5.15. The zero-order valence-electron chi connectivity index (χ0n) is 20.3. The summed E-state index contributed by atoms with van der Waals surface area (Å²) in [4.78, 5) is 0. The molecule has 3 aromatic carbocycles. The van der Waals surface area contributed by atoms with E-state index in [0.29, 0.717) is 6.61 Å². The molecule has 3 aromatic rings. The van der Waals surface area contributed by atoms with E-state index in [1.807, 2.05) is 0 Å². The van der Waals surface area contributed by atoms with Gasteiger partial charge in [0.2, 0.25) is 0 Å². The Balaban J connectivity index is 1.91. The molecule has 0 heterocycles. The topological polar surface area (TPSA) is 47.1 Å². The highest BCUT2D eigenvalue weighted by Gasteiger charge is 2.17. The normalized spacial score (nSPS) is 11.1. The van der Waals surface area contributed by atoms with E-state index in [1.54, 1.807) is 14.2 Å². The molecule has 0 saturated carbocycles. The van der Waals surface area contributed by atoms with Crippen LogP contribution in [0.4, 0.5) is 11.4 Å². The number of nitrogens with one attached hydrogen (secondary N) is 1. The lowest BCUT2D eigenvalue weighted by molar-refractivity contribution is -0.573. The SMILES string of the molecule is COCCNc1ccc(-c2c(C)c(C)c(-c3ccc([NH2+]CCOC)cc3)c(C)c2C)cc1. The lowest BCUT2D eigenvalue weighted by Gasteiger charge is -2.21. The molecule has 0 aliphatic carbocycles. The first-order valence-electron chi connectivity index (χ1n) is 11.3. The van der Waals surface area contributed by atoms with Gasteiger partial charge in [0, 0.05) is 26.5 Å². The molecule has 0 radical (unpaired) electrons. The van der Waals surface area contributed by atoms with E-state index in [1.165, 1.54) is 50.2 Å². The van der Waals surface area contributed by atoms with E-state index in [-0.39, 0.29) is 0 Å². The summed E-state index contributed by atoms with van der Waals surface area (Å²) in [5, 5.41) is 5.62. The van der Waals surface area contributed by atoms with Gasteiger partial charge in [0.25, 0.3) is 0 Å². The summed E-state index contributed by atoms with van der Waals surface area (Å²) in [5.74, 6) is 0. The molecular formula is C28H37N2O2+. The van der Waals surface area contributed by atoms with Crippen LogP contribution in [0.1, 0.15) is 22.3 Å². The van der Waals surface area contributed by atoms with Gasteiger partial charge in [-0.25, -0.2) is 0 Å². The van der Waals surface area contributed by atoms with Crippen LogP contribution < -0.4 is 10.6 Å². The number of quaternary nitrogens is 1. The van der Waals surface area contributed by atoms with Crippen LogP contribution >= 0.6 is 0 Å². The number of rotatable bonds is 10. The highest BCUT2D eigenvalue weighted by atomic mass is 16.5. The fraction of sp³-hybridized carbons (Fsp3) is 0.357. The number of nitrogens with two attached hydrogens (primary N) is 1. The van der Waals surface area contributed by atoms with Gasteiger partial charge < -0.3 is 20.1 Å². The summed E-state index contributed by atoms with van der Waals surface area (Å²) >= 11 is 0. The van der Waals surface area contributed by atoms with Crippen LogP contribution in [0.25, 0.3) is 22.3 Å². The zero-order valence-corrected chi connectivity index (χ0v) is 20.3. The van der Waals surface area contributed by atoms with Crippen molar-refractivity contribution in [2.45, 2.75) is 27.7 Å². The Labute approximate surface area is 193 Å². The molecule has 170 valence electrons. The number of hydrogen-bond donors (Lipinski definition) is 2. The van der Waals surface area contributed by atoms with Crippen molar-refractivity contribution in [3.05, 3.63) is 70.8 Å². The number of methoxy groups -OCH3 is 2. The molecule has 0 bridgehead atoms. The molecule has 32 heavy (non-hydrogen) atoms. The first kappa shape index (κ1) is 24.0. The summed E-state index contributed by atoms with van der Waals surface area (Å²) in [7, 11) is 3.46. The van der Waals surface area contributed by atoms with Crippen molar-refractivity contribution in [1.82, 2.24) is 0 Å². The molecule has 4 nitrogen and oxygen atoms in total. The van der Waals surface area contributed by atoms with Gasteiger partial charge in [-0.05, 0) is 109 Å². The molecule has 0 aliphatic heterocycles. The maximum Gasteiger partial charge on any atom is 0.129 e. The van der Waals surface area contributed by atoms with E-state index in [0.717, 1.165) is 25.4 Å². The van der Waals surface area contributed by atoms with Crippen LogP contribution in [0.3, 0.4) is 0 Å². The van der Waals surface area contributed by atoms with E-state index in [2.05, 4.69) is 86.9 Å². The monoisotopic (exact) mass is 433 g/mol. The van der Waals surface area contributed by atoms with Gasteiger partial charge >= 0.3 is 0 Å². The van der Waals surface area contributed by atoms with Crippen LogP contribution in [-0.4, -0.2) is 40.5 Å². The molecule has 0 fully saturated rings. The average Bonchev–Trinajstić information content (AvgIpc) is 2.80. The molecule has 0 atom stereocenters. The molecule has 0 unspecified atom stereocenters. The first-order chi connectivity index (χ1) is 15.5. The van der Waals surface area contributed by atoms with Crippen LogP contribution in [0.5, 0.6) is 0 Å². The smallest absolute Gasteiger partial charge is 0.129 e. The average molecular weight is 434 g/mol. The molecule has 4 heteroatoms. The van der Waals surface area contributed by atoms with Crippen LogP contribution in [-0.2, 0) is 9.47 Å². The summed E-state index contributed by atoms with van der Waals surface area (Å²) in [6.07, 6.45) is 0. The van der Waals surface area contributed by atoms with Crippen molar-refractivity contribution in [3.8, 4) is 22.3 Å². The molecular weight excluding hydrogens is 396 g/mol. The number of benzene rings is 3. The van der Waals surface area contributed by atoms with E-state index >= 15 is 0 Å². The summed E-state index contributed by atoms with van der Waals surface area (Å²) in [6, 6.07) is 17.6. The van der Waals surface area contributed by atoms with E-state index in [4.69, 9.17) is 9.47 Å². The lowest BCUT2D eigenvalue weighted by Crippen LogP contribution is -2.79. The molecule has 3 rings (SSSR count). The predicted molar refractivity (Wildman–Crippen MR) is 135 cm³/mol. The number of ether oxygens (including phenoxy) is 2. The van der Waals surface area contributed by atoms with Crippen molar-refractivity contribution >= 4 is 11.4 Å². The van der Waals surface area contributed by atoms with Crippen molar-refractivity contribution in [2.75, 3.05) is 45.8 Å². The van der Waals surface area contributed by atoms with Crippen molar-refractivity contribution in [3.63, 3.8) is 0 Å². The fourth-order valence-corrected chi connectivity index (χ4v) is 4.36. The minimum absolute atomic E-state index is 0.700. The number of anilines is 1. The van der Waals surface area contributed by atoms with Crippen LogP contribution in [0, 0.1) is 27.7 Å². The van der Waals surface area contributed by atoms with Gasteiger partial charge in [0.05, 0.1) is 13.2 Å². The Morgan fingerprint density at radius 2 is 1.12 bits per heavy atom. The lowest BCUT2D eigenvalue weighted by atomic mass is 9.83. The Hall–Kier alpha value is -2.66.